The Labute approximate surface area is 207 Å². The van der Waals surface area contributed by atoms with E-state index < -0.39 is 0 Å². The first-order valence-corrected chi connectivity index (χ1v) is 12.7. The molecule has 3 amide bonds. The summed E-state index contributed by atoms with van der Waals surface area (Å²) < 4.78 is 0. The van der Waals surface area contributed by atoms with Crippen molar-refractivity contribution in [3.8, 4) is 0 Å². The molecule has 4 rings (SSSR count). The Morgan fingerprint density at radius 3 is 2.37 bits per heavy atom. The Bertz CT molecular complexity index is 1050. The van der Waals surface area contributed by atoms with Gasteiger partial charge in [-0.3, -0.25) is 14.4 Å². The molecule has 7 nitrogen and oxygen atoms in total. The number of likely N-dealkylation sites (tertiary alicyclic amines) is 2. The highest BCUT2D eigenvalue weighted by Gasteiger charge is 2.27. The zero-order valence-corrected chi connectivity index (χ0v) is 20.6. The number of amides is 3. The molecule has 35 heavy (non-hydrogen) atoms. The fraction of sp³-hybridized carbons (Fsp3) is 0.464. The molecule has 0 unspecified atom stereocenters. The molecule has 2 N–H and O–H groups in total. The summed E-state index contributed by atoms with van der Waals surface area (Å²) in [6.45, 7) is 5.76. The van der Waals surface area contributed by atoms with Crippen molar-refractivity contribution in [1.82, 2.24) is 20.4 Å². The van der Waals surface area contributed by atoms with Gasteiger partial charge in [0.05, 0.1) is 13.1 Å². The number of rotatable bonds is 9. The van der Waals surface area contributed by atoms with Crippen LogP contribution in [-0.4, -0.2) is 60.2 Å². The molecule has 0 bridgehead atoms. The first-order valence-electron chi connectivity index (χ1n) is 12.7. The summed E-state index contributed by atoms with van der Waals surface area (Å²) in [5, 5.41) is 5.89. The highest BCUT2D eigenvalue weighted by Crippen LogP contribution is 2.31. The summed E-state index contributed by atoms with van der Waals surface area (Å²) in [5.41, 5.74) is 4.87. The van der Waals surface area contributed by atoms with Gasteiger partial charge in [0.2, 0.25) is 17.7 Å². The van der Waals surface area contributed by atoms with Crippen LogP contribution in [-0.2, 0) is 27.5 Å². The summed E-state index contributed by atoms with van der Waals surface area (Å²) in [4.78, 5) is 40.7. The average Bonchev–Trinajstić information content (AvgIpc) is 3.28. The SMILES string of the molecule is Cc1ccccc1CNCC(=O)NCC(=O)N1CCC(c2ccccc2CN2CCCC2=O)CC1. The predicted molar refractivity (Wildman–Crippen MR) is 136 cm³/mol. The van der Waals surface area contributed by atoms with Gasteiger partial charge in [-0.05, 0) is 54.4 Å². The Morgan fingerprint density at radius 1 is 0.943 bits per heavy atom. The Kier molecular flexibility index (Phi) is 8.53. The minimum Gasteiger partial charge on any atom is -0.346 e. The summed E-state index contributed by atoms with van der Waals surface area (Å²) in [6, 6.07) is 16.5. The van der Waals surface area contributed by atoms with Gasteiger partial charge in [-0.2, -0.15) is 0 Å². The Balaban J connectivity index is 1.20. The molecule has 2 aliphatic rings. The van der Waals surface area contributed by atoms with Crippen LogP contribution in [0.3, 0.4) is 0 Å². The molecule has 2 saturated heterocycles. The molecule has 0 atom stereocenters. The Hall–Kier alpha value is -3.19. The minimum absolute atomic E-state index is 0.0310. The van der Waals surface area contributed by atoms with Crippen molar-refractivity contribution in [3.63, 3.8) is 0 Å². The normalized spacial score (nSPS) is 16.5. The number of hydrogen-bond donors (Lipinski definition) is 2. The standard InChI is InChI=1S/C28H36N4O3/c1-21-7-2-3-8-23(21)17-29-18-26(33)30-19-28(35)31-15-12-22(13-16-31)25-10-5-4-9-24(25)20-32-14-6-11-27(32)34/h2-5,7-10,22,29H,6,11-20H2,1H3,(H,30,33). The zero-order valence-electron chi connectivity index (χ0n) is 20.6. The van der Waals surface area contributed by atoms with Gasteiger partial charge in [-0.15, -0.1) is 0 Å². The van der Waals surface area contributed by atoms with Crippen molar-refractivity contribution in [2.45, 2.75) is 51.6 Å². The average molecular weight is 477 g/mol. The lowest BCUT2D eigenvalue weighted by molar-refractivity contribution is -0.133. The maximum atomic E-state index is 12.7. The number of benzene rings is 2. The van der Waals surface area contributed by atoms with Crippen LogP contribution in [0.4, 0.5) is 0 Å². The van der Waals surface area contributed by atoms with E-state index in [0.29, 0.717) is 38.5 Å². The summed E-state index contributed by atoms with van der Waals surface area (Å²) in [5.74, 6) is 0.416. The number of hydrogen-bond acceptors (Lipinski definition) is 4. The van der Waals surface area contributed by atoms with Crippen molar-refractivity contribution in [2.24, 2.45) is 0 Å². The van der Waals surface area contributed by atoms with Crippen molar-refractivity contribution in [2.75, 3.05) is 32.7 Å². The fourth-order valence-electron chi connectivity index (χ4n) is 5.06. The minimum atomic E-state index is -0.174. The van der Waals surface area contributed by atoms with Gasteiger partial charge < -0.3 is 20.4 Å². The zero-order chi connectivity index (χ0) is 24.6. The molecule has 0 radical (unpaired) electrons. The number of carbonyl (C=O) groups is 3. The highest BCUT2D eigenvalue weighted by atomic mass is 16.2. The van der Waals surface area contributed by atoms with Crippen LogP contribution in [0.2, 0.25) is 0 Å². The number of carbonyl (C=O) groups excluding carboxylic acids is 3. The van der Waals surface area contributed by atoms with Gasteiger partial charge in [0, 0.05) is 39.1 Å². The smallest absolute Gasteiger partial charge is 0.241 e. The molecule has 2 aromatic carbocycles. The molecular weight excluding hydrogens is 440 g/mol. The first-order chi connectivity index (χ1) is 17.0. The van der Waals surface area contributed by atoms with E-state index in [4.69, 9.17) is 0 Å². The number of piperidine rings is 1. The van der Waals surface area contributed by atoms with Crippen LogP contribution >= 0.6 is 0 Å². The van der Waals surface area contributed by atoms with Gasteiger partial charge in [0.15, 0.2) is 0 Å². The second-order valence-corrected chi connectivity index (χ2v) is 9.58. The van der Waals surface area contributed by atoms with E-state index in [1.54, 1.807) is 0 Å². The van der Waals surface area contributed by atoms with Gasteiger partial charge in [0.1, 0.15) is 0 Å². The molecule has 7 heteroatoms. The first kappa shape index (κ1) is 24.9. The molecule has 2 heterocycles. The monoisotopic (exact) mass is 476 g/mol. The van der Waals surface area contributed by atoms with Crippen LogP contribution in [0.15, 0.2) is 48.5 Å². The molecule has 186 valence electrons. The van der Waals surface area contributed by atoms with E-state index in [1.165, 1.54) is 16.7 Å². The number of aryl methyl sites for hydroxylation is 1. The van der Waals surface area contributed by atoms with E-state index in [1.807, 2.05) is 47.1 Å². The molecule has 0 spiro atoms. The van der Waals surface area contributed by atoms with E-state index in [2.05, 4.69) is 28.8 Å². The molecule has 0 aromatic heterocycles. The molecule has 2 aliphatic heterocycles. The van der Waals surface area contributed by atoms with E-state index in [-0.39, 0.29) is 30.8 Å². The van der Waals surface area contributed by atoms with E-state index in [0.717, 1.165) is 31.4 Å². The second-order valence-electron chi connectivity index (χ2n) is 9.58. The lowest BCUT2D eigenvalue weighted by atomic mass is 9.86. The van der Waals surface area contributed by atoms with E-state index in [9.17, 15) is 14.4 Å². The van der Waals surface area contributed by atoms with Gasteiger partial charge in [-0.25, -0.2) is 0 Å². The molecule has 2 fully saturated rings. The van der Waals surface area contributed by atoms with E-state index >= 15 is 0 Å². The van der Waals surface area contributed by atoms with Crippen LogP contribution < -0.4 is 10.6 Å². The Morgan fingerprint density at radius 2 is 1.66 bits per heavy atom. The maximum Gasteiger partial charge on any atom is 0.241 e. The quantitative estimate of drug-likeness (QED) is 0.583. The van der Waals surface area contributed by atoms with Crippen molar-refractivity contribution in [1.29, 1.82) is 0 Å². The van der Waals surface area contributed by atoms with Crippen LogP contribution in [0.5, 0.6) is 0 Å². The second kappa shape index (κ2) is 12.0. The lowest BCUT2D eigenvalue weighted by Crippen LogP contribution is -2.45. The third kappa shape index (κ3) is 6.69. The molecule has 2 aromatic rings. The predicted octanol–water partition coefficient (Wildman–Crippen LogP) is 2.73. The summed E-state index contributed by atoms with van der Waals surface area (Å²) in [6.07, 6.45) is 3.38. The molecule has 0 aliphatic carbocycles. The third-order valence-corrected chi connectivity index (χ3v) is 7.17. The fourth-order valence-corrected chi connectivity index (χ4v) is 5.06. The lowest BCUT2D eigenvalue weighted by Gasteiger charge is -2.33. The van der Waals surface area contributed by atoms with Gasteiger partial charge >= 0.3 is 0 Å². The summed E-state index contributed by atoms with van der Waals surface area (Å²) >= 11 is 0. The van der Waals surface area contributed by atoms with Crippen LogP contribution in [0.1, 0.15) is 53.9 Å². The van der Waals surface area contributed by atoms with Crippen molar-refractivity contribution >= 4 is 17.7 Å². The summed E-state index contributed by atoms with van der Waals surface area (Å²) in [7, 11) is 0. The number of nitrogens with one attached hydrogen (secondary N) is 2. The highest BCUT2D eigenvalue weighted by molar-refractivity contribution is 5.85. The molecule has 0 saturated carbocycles. The van der Waals surface area contributed by atoms with Crippen LogP contribution in [0.25, 0.3) is 0 Å². The largest absolute Gasteiger partial charge is 0.346 e. The van der Waals surface area contributed by atoms with Crippen LogP contribution in [0, 0.1) is 6.92 Å². The van der Waals surface area contributed by atoms with Crippen molar-refractivity contribution in [3.05, 3.63) is 70.8 Å². The van der Waals surface area contributed by atoms with Gasteiger partial charge in [0.25, 0.3) is 0 Å². The molecular formula is C28H36N4O3. The van der Waals surface area contributed by atoms with Crippen molar-refractivity contribution < 1.29 is 14.4 Å². The number of nitrogens with zero attached hydrogens (tertiary/aromatic N) is 2. The topological polar surface area (TPSA) is 81.8 Å². The van der Waals surface area contributed by atoms with Gasteiger partial charge in [-0.1, -0.05) is 48.5 Å². The maximum absolute atomic E-state index is 12.7. The third-order valence-electron chi connectivity index (χ3n) is 7.17.